The zero-order valence-corrected chi connectivity index (χ0v) is 5.46. The topological polar surface area (TPSA) is 41.8 Å². The van der Waals surface area contributed by atoms with Crippen LogP contribution in [0.25, 0.3) is 10.8 Å². The van der Waals surface area contributed by atoms with Gasteiger partial charge in [-0.15, -0.1) is 0 Å². The number of aromatic amines is 1. The second-order valence-electron chi connectivity index (χ2n) is 2.29. The molecule has 0 aliphatic rings. The summed E-state index contributed by atoms with van der Waals surface area (Å²) < 4.78 is 0. The summed E-state index contributed by atoms with van der Waals surface area (Å²) in [4.78, 5) is 3.06. The normalized spacial score (nSPS) is 10.0. The molecule has 0 amide bonds. The molecular formula is C7H7BN2. The Morgan fingerprint density at radius 3 is 3.10 bits per heavy atom. The van der Waals surface area contributed by atoms with Gasteiger partial charge in [0.15, 0.2) is 0 Å². The van der Waals surface area contributed by atoms with Crippen LogP contribution in [0.5, 0.6) is 0 Å². The predicted molar refractivity (Wildman–Crippen MR) is 44.1 cm³/mol. The number of fused-ring (bicyclic) bond motifs is 1. The first-order valence-electron chi connectivity index (χ1n) is 3.19. The van der Waals surface area contributed by atoms with Gasteiger partial charge < -0.3 is 0 Å². The summed E-state index contributed by atoms with van der Waals surface area (Å²) >= 11 is 0. The molecule has 3 heteroatoms. The van der Waals surface area contributed by atoms with Crippen LogP contribution in [0.4, 0.5) is 5.69 Å². The molecule has 0 aliphatic heterocycles. The number of H-pyrrole nitrogens is 1. The van der Waals surface area contributed by atoms with Crippen LogP contribution in [-0.4, -0.2) is 11.9 Å². The first kappa shape index (κ1) is 5.53. The molecule has 0 aliphatic carbocycles. The molecule has 0 saturated carbocycles. The maximum atomic E-state index is 5.67. The molecule has 10 heavy (non-hydrogen) atoms. The third-order valence-electron chi connectivity index (χ3n) is 1.62. The molecule has 2 heterocycles. The Hall–Kier alpha value is -1.25. The standard InChI is InChI=1S/C7H7BN2/c9-6-1-3-8-5-2-4-10-7(5)6/h1-4,10H,9H2. The summed E-state index contributed by atoms with van der Waals surface area (Å²) in [5.74, 6) is 1.95. The number of aromatic nitrogens is 1. The van der Waals surface area contributed by atoms with Gasteiger partial charge in [0.05, 0.1) is 0 Å². The van der Waals surface area contributed by atoms with Crippen molar-refractivity contribution in [1.82, 2.24) is 4.98 Å². The maximum absolute atomic E-state index is 5.67. The quantitative estimate of drug-likeness (QED) is 0.550. The molecule has 2 aromatic heterocycles. The van der Waals surface area contributed by atoms with Crippen molar-refractivity contribution in [2.45, 2.75) is 0 Å². The predicted octanol–water partition coefficient (Wildman–Crippen LogP) is 1.09. The van der Waals surface area contributed by atoms with Crippen molar-refractivity contribution >= 4 is 23.4 Å². The van der Waals surface area contributed by atoms with E-state index >= 15 is 0 Å². The van der Waals surface area contributed by atoms with E-state index in [0.717, 1.165) is 11.2 Å². The number of rotatable bonds is 0. The van der Waals surface area contributed by atoms with E-state index in [1.807, 2.05) is 31.2 Å². The summed E-state index contributed by atoms with van der Waals surface area (Å²) in [5, 5.41) is 1.17. The first-order valence-corrected chi connectivity index (χ1v) is 3.19. The van der Waals surface area contributed by atoms with E-state index in [-0.39, 0.29) is 0 Å². The molecule has 0 fully saturated rings. The molecule has 0 bridgehead atoms. The molecule has 0 atom stereocenters. The fraction of sp³-hybridized carbons (Fsp3) is 0. The number of nitrogens with one attached hydrogen (secondary N) is 1. The van der Waals surface area contributed by atoms with Gasteiger partial charge >= 0.3 is 58.4 Å². The van der Waals surface area contributed by atoms with E-state index in [9.17, 15) is 0 Å². The molecule has 2 aromatic rings. The van der Waals surface area contributed by atoms with Crippen molar-refractivity contribution < 1.29 is 0 Å². The van der Waals surface area contributed by atoms with Crippen LogP contribution in [0, 0.1) is 0 Å². The van der Waals surface area contributed by atoms with Crippen molar-refractivity contribution in [2.24, 2.45) is 0 Å². The zero-order chi connectivity index (χ0) is 6.97. The fourth-order valence-electron chi connectivity index (χ4n) is 1.11. The van der Waals surface area contributed by atoms with Gasteiger partial charge in [0, 0.05) is 0 Å². The third kappa shape index (κ3) is 0.636. The summed E-state index contributed by atoms with van der Waals surface area (Å²) in [6, 6.07) is 3.89. The summed E-state index contributed by atoms with van der Waals surface area (Å²) in [6.45, 7) is 2.03. The Bertz CT molecular complexity index is 353. The van der Waals surface area contributed by atoms with E-state index in [1.165, 1.54) is 5.28 Å². The molecule has 0 aromatic carbocycles. The van der Waals surface area contributed by atoms with Crippen LogP contribution in [0.3, 0.4) is 0 Å². The van der Waals surface area contributed by atoms with Crippen LogP contribution in [-0.2, 0) is 0 Å². The molecular weight excluding hydrogens is 123 g/mol. The Balaban J connectivity index is 2.95. The van der Waals surface area contributed by atoms with E-state index in [2.05, 4.69) is 4.98 Å². The number of hydrogen-bond acceptors (Lipinski definition) is 1. The number of nitrogen functional groups attached to an aromatic ring is 1. The van der Waals surface area contributed by atoms with Crippen molar-refractivity contribution in [1.29, 1.82) is 0 Å². The molecule has 3 N–H and O–H groups in total. The molecule has 2 rings (SSSR count). The third-order valence-corrected chi connectivity index (χ3v) is 1.62. The van der Waals surface area contributed by atoms with Gasteiger partial charge in [-0.3, -0.25) is 0 Å². The Morgan fingerprint density at radius 2 is 2.30 bits per heavy atom. The second-order valence-corrected chi connectivity index (χ2v) is 2.29. The van der Waals surface area contributed by atoms with Gasteiger partial charge in [-0.2, -0.15) is 0 Å². The fourth-order valence-corrected chi connectivity index (χ4v) is 1.11. The summed E-state index contributed by atoms with van der Waals surface area (Å²) in [6.07, 6.45) is 1.89. The molecule has 0 saturated heterocycles. The van der Waals surface area contributed by atoms with Crippen LogP contribution in [0.1, 0.15) is 0 Å². The van der Waals surface area contributed by atoms with Crippen LogP contribution in [0.15, 0.2) is 24.3 Å². The monoisotopic (exact) mass is 130 g/mol. The van der Waals surface area contributed by atoms with Crippen molar-refractivity contribution in [2.75, 3.05) is 5.73 Å². The minimum atomic E-state index is 0.808. The van der Waals surface area contributed by atoms with Gasteiger partial charge in [-0.05, 0) is 0 Å². The Morgan fingerprint density at radius 1 is 1.40 bits per heavy atom. The molecule has 0 unspecified atom stereocenters. The van der Waals surface area contributed by atoms with Gasteiger partial charge in [0.25, 0.3) is 0 Å². The van der Waals surface area contributed by atoms with Crippen molar-refractivity contribution in [3.8, 4) is 0 Å². The van der Waals surface area contributed by atoms with Gasteiger partial charge in [-0.25, -0.2) is 0 Å². The van der Waals surface area contributed by atoms with Crippen molar-refractivity contribution in [3.63, 3.8) is 0 Å². The first-order chi connectivity index (χ1) is 4.88. The zero-order valence-electron chi connectivity index (χ0n) is 5.46. The van der Waals surface area contributed by atoms with E-state index < -0.39 is 0 Å². The van der Waals surface area contributed by atoms with Crippen LogP contribution in [0.2, 0.25) is 0 Å². The van der Waals surface area contributed by atoms with E-state index in [0.29, 0.717) is 0 Å². The number of anilines is 1. The number of hydrogen-bond donors (Lipinski definition) is 2. The average molecular weight is 130 g/mol. The van der Waals surface area contributed by atoms with Crippen LogP contribution >= 0.6 is 0 Å². The van der Waals surface area contributed by atoms with Gasteiger partial charge in [-0.1, -0.05) is 0 Å². The molecule has 48 valence electrons. The summed E-state index contributed by atoms with van der Waals surface area (Å²) in [5.41, 5.74) is 7.51. The Labute approximate surface area is 59.3 Å². The molecule has 0 spiro atoms. The van der Waals surface area contributed by atoms with Gasteiger partial charge in [0.1, 0.15) is 0 Å². The average Bonchev–Trinajstić information content (AvgIpc) is 2.36. The molecule has 2 nitrogen and oxygen atoms in total. The summed E-state index contributed by atoms with van der Waals surface area (Å²) in [7, 11) is 0. The second kappa shape index (κ2) is 1.87. The SMILES string of the molecule is Nc1ccbc2cc[nH]c12. The number of nitrogens with two attached hydrogens (primary N) is 1. The van der Waals surface area contributed by atoms with E-state index in [4.69, 9.17) is 5.73 Å². The van der Waals surface area contributed by atoms with Gasteiger partial charge in [0.2, 0.25) is 0 Å². The Kier molecular flexibility index (Phi) is 1.03. The van der Waals surface area contributed by atoms with Crippen molar-refractivity contribution in [3.05, 3.63) is 24.3 Å². The van der Waals surface area contributed by atoms with E-state index in [1.54, 1.807) is 0 Å². The minimum absolute atomic E-state index is 0.808. The van der Waals surface area contributed by atoms with Crippen LogP contribution < -0.4 is 5.73 Å². The molecule has 0 radical (unpaired) electrons.